The van der Waals surface area contributed by atoms with Crippen molar-refractivity contribution >= 4 is 17.8 Å². The molecular weight excluding hydrogens is 328 g/mol. The van der Waals surface area contributed by atoms with Crippen LogP contribution in [-0.4, -0.2) is 31.8 Å². The van der Waals surface area contributed by atoms with Gasteiger partial charge in [0.05, 0.1) is 11.8 Å². The zero-order valence-corrected chi connectivity index (χ0v) is 15.0. The van der Waals surface area contributed by atoms with Gasteiger partial charge < -0.3 is 9.64 Å². The minimum absolute atomic E-state index is 0.211. The molecule has 0 heterocycles. The Kier molecular flexibility index (Phi) is 7.19. The number of benzene rings is 2. The summed E-state index contributed by atoms with van der Waals surface area (Å²) in [5, 5.41) is 12.9. The second kappa shape index (κ2) is 9.84. The lowest BCUT2D eigenvalue weighted by Gasteiger charge is -2.20. The fourth-order valence-corrected chi connectivity index (χ4v) is 2.40. The first-order valence-corrected chi connectivity index (χ1v) is 8.46. The Labute approximate surface area is 153 Å². The van der Waals surface area contributed by atoms with Gasteiger partial charge in [0, 0.05) is 18.8 Å². The quantitative estimate of drug-likeness (QED) is 0.586. The molecule has 0 saturated carbocycles. The number of para-hydroxylation sites is 1. The van der Waals surface area contributed by atoms with Crippen molar-refractivity contribution in [3.8, 4) is 11.8 Å². The Morgan fingerprint density at radius 1 is 1.19 bits per heavy atom. The summed E-state index contributed by atoms with van der Waals surface area (Å²) < 4.78 is 5.35. The number of ether oxygens (including phenoxy) is 1. The first-order chi connectivity index (χ1) is 12.7. The number of carbonyl (C=O) groups is 1. The molecule has 134 valence electrons. The van der Waals surface area contributed by atoms with Crippen molar-refractivity contribution in [2.75, 3.05) is 24.6 Å². The van der Waals surface area contributed by atoms with Crippen molar-refractivity contribution in [1.82, 2.24) is 5.43 Å². The summed E-state index contributed by atoms with van der Waals surface area (Å²) in [7, 11) is 0. The zero-order chi connectivity index (χ0) is 18.8. The number of hydrogen-bond donors (Lipinski definition) is 1. The molecule has 0 saturated heterocycles. The highest BCUT2D eigenvalue weighted by atomic mass is 16.5. The fraction of sp³-hybridized carbons (Fsp3) is 0.250. The summed E-state index contributed by atoms with van der Waals surface area (Å²) in [5.41, 5.74) is 4.84. The molecule has 2 aromatic carbocycles. The summed E-state index contributed by atoms with van der Waals surface area (Å²) in [6.45, 7) is 5.93. The molecule has 0 fully saturated rings. The Bertz CT molecular complexity index is 790. The monoisotopic (exact) mass is 350 g/mol. The maximum absolute atomic E-state index is 11.8. The van der Waals surface area contributed by atoms with Crippen LogP contribution in [0.4, 0.5) is 5.69 Å². The first kappa shape index (κ1) is 19.0. The molecule has 0 atom stereocenters. The third-order valence-corrected chi connectivity index (χ3v) is 3.79. The normalized spacial score (nSPS) is 10.3. The Hall–Kier alpha value is -3.33. The Morgan fingerprint density at radius 3 is 2.54 bits per heavy atom. The number of hydrazone groups is 1. The summed E-state index contributed by atoms with van der Waals surface area (Å²) in [5.74, 6) is -0.0186. The highest BCUT2D eigenvalue weighted by molar-refractivity contribution is 5.83. The number of rotatable bonds is 8. The Balaban J connectivity index is 1.84. The van der Waals surface area contributed by atoms with Gasteiger partial charge in [-0.1, -0.05) is 24.3 Å². The number of hydrogen-bond acceptors (Lipinski definition) is 5. The molecule has 1 N–H and O–H groups in total. The number of amides is 1. The van der Waals surface area contributed by atoms with E-state index in [4.69, 9.17) is 10.00 Å². The lowest BCUT2D eigenvalue weighted by atomic mass is 10.2. The van der Waals surface area contributed by atoms with Crippen LogP contribution in [0.1, 0.15) is 25.0 Å². The van der Waals surface area contributed by atoms with Gasteiger partial charge >= 0.3 is 0 Å². The van der Waals surface area contributed by atoms with E-state index in [0.29, 0.717) is 11.3 Å². The van der Waals surface area contributed by atoms with Crippen molar-refractivity contribution in [3.63, 3.8) is 0 Å². The molecule has 0 spiro atoms. The first-order valence-electron chi connectivity index (χ1n) is 8.46. The van der Waals surface area contributed by atoms with Gasteiger partial charge in [0.1, 0.15) is 11.8 Å². The van der Waals surface area contributed by atoms with Crippen LogP contribution >= 0.6 is 0 Å². The number of anilines is 1. The lowest BCUT2D eigenvalue weighted by molar-refractivity contribution is -0.123. The van der Waals surface area contributed by atoms with Crippen molar-refractivity contribution in [1.29, 1.82) is 5.26 Å². The van der Waals surface area contributed by atoms with Crippen LogP contribution in [0.3, 0.4) is 0 Å². The summed E-state index contributed by atoms with van der Waals surface area (Å²) in [4.78, 5) is 14.0. The summed E-state index contributed by atoms with van der Waals surface area (Å²) in [6, 6.07) is 16.7. The van der Waals surface area contributed by atoms with Gasteiger partial charge in [-0.3, -0.25) is 4.79 Å². The summed E-state index contributed by atoms with van der Waals surface area (Å²) >= 11 is 0. The molecule has 0 aliphatic heterocycles. The van der Waals surface area contributed by atoms with E-state index in [2.05, 4.69) is 29.3 Å². The van der Waals surface area contributed by atoms with Crippen molar-refractivity contribution < 1.29 is 9.53 Å². The fourth-order valence-electron chi connectivity index (χ4n) is 2.40. The highest BCUT2D eigenvalue weighted by Gasteiger charge is 2.05. The third kappa shape index (κ3) is 5.35. The number of nitrogens with one attached hydrogen (secondary N) is 1. The van der Waals surface area contributed by atoms with Gasteiger partial charge in [-0.25, -0.2) is 5.43 Å². The SMILES string of the molecule is CCN(CC)c1ccc(/C=N/NC(=O)COc2ccccc2C#N)cc1. The largest absolute Gasteiger partial charge is 0.482 e. The van der Waals surface area contributed by atoms with Crippen LogP contribution in [0, 0.1) is 11.3 Å². The topological polar surface area (TPSA) is 77.7 Å². The van der Waals surface area contributed by atoms with Crippen molar-refractivity contribution in [2.45, 2.75) is 13.8 Å². The van der Waals surface area contributed by atoms with Crippen LogP contribution in [0.2, 0.25) is 0 Å². The van der Waals surface area contributed by atoms with Crippen LogP contribution < -0.4 is 15.1 Å². The van der Waals surface area contributed by atoms with E-state index in [1.54, 1.807) is 30.5 Å². The predicted molar refractivity (Wildman–Crippen MR) is 102 cm³/mol. The molecule has 0 aromatic heterocycles. The van der Waals surface area contributed by atoms with E-state index >= 15 is 0 Å². The van der Waals surface area contributed by atoms with E-state index in [9.17, 15) is 4.79 Å². The van der Waals surface area contributed by atoms with Gasteiger partial charge in [0.2, 0.25) is 0 Å². The lowest BCUT2D eigenvalue weighted by Crippen LogP contribution is -2.24. The highest BCUT2D eigenvalue weighted by Crippen LogP contribution is 2.16. The molecule has 0 aliphatic carbocycles. The molecule has 0 unspecified atom stereocenters. The van der Waals surface area contributed by atoms with Gasteiger partial charge in [-0.05, 0) is 43.7 Å². The molecule has 0 aliphatic rings. The van der Waals surface area contributed by atoms with E-state index in [0.717, 1.165) is 24.3 Å². The minimum Gasteiger partial charge on any atom is -0.482 e. The standard InChI is InChI=1S/C20H22N4O2/c1-3-24(4-2)18-11-9-16(10-12-18)14-22-23-20(25)15-26-19-8-6-5-7-17(19)13-21/h5-12,14H,3-4,15H2,1-2H3,(H,23,25)/b22-14+. The number of nitriles is 1. The molecular formula is C20H22N4O2. The van der Waals surface area contributed by atoms with Gasteiger partial charge in [0.15, 0.2) is 6.61 Å². The molecule has 0 radical (unpaired) electrons. The van der Waals surface area contributed by atoms with Crippen LogP contribution in [0.5, 0.6) is 5.75 Å². The van der Waals surface area contributed by atoms with Crippen LogP contribution in [-0.2, 0) is 4.79 Å². The van der Waals surface area contributed by atoms with Crippen molar-refractivity contribution in [3.05, 3.63) is 59.7 Å². The number of carbonyl (C=O) groups excluding carboxylic acids is 1. The Morgan fingerprint density at radius 2 is 1.88 bits per heavy atom. The minimum atomic E-state index is -0.395. The van der Waals surface area contributed by atoms with Gasteiger partial charge in [-0.2, -0.15) is 10.4 Å². The molecule has 26 heavy (non-hydrogen) atoms. The molecule has 0 bridgehead atoms. The average molecular weight is 350 g/mol. The van der Waals surface area contributed by atoms with Crippen LogP contribution in [0.25, 0.3) is 0 Å². The van der Waals surface area contributed by atoms with E-state index in [1.807, 2.05) is 30.3 Å². The summed E-state index contributed by atoms with van der Waals surface area (Å²) in [6.07, 6.45) is 1.58. The van der Waals surface area contributed by atoms with Crippen molar-refractivity contribution in [2.24, 2.45) is 5.10 Å². The van der Waals surface area contributed by atoms with E-state index < -0.39 is 5.91 Å². The second-order valence-corrected chi connectivity index (χ2v) is 5.45. The zero-order valence-electron chi connectivity index (χ0n) is 15.0. The van der Waals surface area contributed by atoms with E-state index in [1.165, 1.54) is 0 Å². The third-order valence-electron chi connectivity index (χ3n) is 3.79. The predicted octanol–water partition coefficient (Wildman–Crippen LogP) is 2.93. The molecule has 1 amide bonds. The molecule has 2 aromatic rings. The number of nitrogens with zero attached hydrogens (tertiary/aromatic N) is 3. The molecule has 2 rings (SSSR count). The average Bonchev–Trinajstić information content (AvgIpc) is 2.68. The second-order valence-electron chi connectivity index (χ2n) is 5.45. The van der Waals surface area contributed by atoms with Gasteiger partial charge in [-0.15, -0.1) is 0 Å². The van der Waals surface area contributed by atoms with E-state index in [-0.39, 0.29) is 6.61 Å². The molecule has 6 nitrogen and oxygen atoms in total. The maximum Gasteiger partial charge on any atom is 0.277 e. The molecule has 6 heteroatoms. The maximum atomic E-state index is 11.8. The van der Waals surface area contributed by atoms with Crippen LogP contribution in [0.15, 0.2) is 53.6 Å². The smallest absolute Gasteiger partial charge is 0.277 e. The van der Waals surface area contributed by atoms with Gasteiger partial charge in [0.25, 0.3) is 5.91 Å².